The van der Waals surface area contributed by atoms with Crippen molar-refractivity contribution in [1.82, 2.24) is 10.2 Å². The molecule has 0 spiro atoms. The van der Waals surface area contributed by atoms with Crippen molar-refractivity contribution in [2.24, 2.45) is 4.99 Å². The number of halogens is 2. The van der Waals surface area contributed by atoms with Crippen LogP contribution in [0.2, 0.25) is 0 Å². The van der Waals surface area contributed by atoms with Crippen molar-refractivity contribution in [2.75, 3.05) is 20.1 Å². The highest BCUT2D eigenvalue weighted by atomic mass is 127. The molecule has 2 aromatic rings. The lowest BCUT2D eigenvalue weighted by atomic mass is 10.1. The van der Waals surface area contributed by atoms with Crippen molar-refractivity contribution in [3.63, 3.8) is 0 Å². The fraction of sp³-hybridized carbons (Fsp3) is 0.333. The molecule has 0 bridgehead atoms. The summed E-state index contributed by atoms with van der Waals surface area (Å²) in [5, 5.41) is 12.2. The smallest absolute Gasteiger partial charge is 0.193 e. The molecule has 5 nitrogen and oxygen atoms in total. The van der Waals surface area contributed by atoms with E-state index >= 15 is 0 Å². The van der Waals surface area contributed by atoms with Crippen LogP contribution in [0.25, 0.3) is 0 Å². The molecule has 0 atom stereocenters. The van der Waals surface area contributed by atoms with Gasteiger partial charge in [-0.05, 0) is 30.3 Å². The van der Waals surface area contributed by atoms with Gasteiger partial charge >= 0.3 is 0 Å². The second kappa shape index (κ2) is 10.9. The summed E-state index contributed by atoms with van der Waals surface area (Å²) in [6, 6.07) is 16.3. The summed E-state index contributed by atoms with van der Waals surface area (Å²) < 4.78 is 20.0. The third kappa shape index (κ3) is 5.83. The van der Waals surface area contributed by atoms with Crippen LogP contribution in [0.5, 0.6) is 5.75 Å². The first kappa shape index (κ1) is 22.0. The maximum Gasteiger partial charge on any atom is 0.193 e. The Hall–Kier alpha value is -2.34. The van der Waals surface area contributed by atoms with E-state index in [1.807, 2.05) is 36.4 Å². The highest BCUT2D eigenvalue weighted by molar-refractivity contribution is 14.0. The van der Waals surface area contributed by atoms with Crippen molar-refractivity contribution < 1.29 is 9.13 Å². The molecular formula is C21H24FIN4O. The van der Waals surface area contributed by atoms with Crippen molar-refractivity contribution in [2.45, 2.75) is 25.5 Å². The van der Waals surface area contributed by atoms with Crippen LogP contribution in [0.4, 0.5) is 4.39 Å². The van der Waals surface area contributed by atoms with Gasteiger partial charge in [0.15, 0.2) is 5.96 Å². The van der Waals surface area contributed by atoms with Crippen molar-refractivity contribution in [1.29, 1.82) is 5.26 Å². The van der Waals surface area contributed by atoms with E-state index in [-0.39, 0.29) is 42.4 Å². The minimum atomic E-state index is -0.327. The van der Waals surface area contributed by atoms with Crippen LogP contribution in [0.3, 0.4) is 0 Å². The van der Waals surface area contributed by atoms with Gasteiger partial charge in [-0.15, -0.1) is 24.0 Å². The van der Waals surface area contributed by atoms with Crippen molar-refractivity contribution in [3.8, 4) is 11.8 Å². The fourth-order valence-corrected chi connectivity index (χ4v) is 3.16. The van der Waals surface area contributed by atoms with E-state index in [4.69, 9.17) is 10.00 Å². The van der Waals surface area contributed by atoms with Crippen LogP contribution >= 0.6 is 24.0 Å². The Bertz CT molecular complexity index is 830. The number of piperidine rings is 1. The summed E-state index contributed by atoms with van der Waals surface area (Å²) >= 11 is 0. The second-order valence-corrected chi connectivity index (χ2v) is 6.44. The molecule has 28 heavy (non-hydrogen) atoms. The van der Waals surface area contributed by atoms with Gasteiger partial charge in [0.25, 0.3) is 0 Å². The zero-order valence-electron chi connectivity index (χ0n) is 15.8. The van der Waals surface area contributed by atoms with Gasteiger partial charge in [0, 0.05) is 45.1 Å². The lowest BCUT2D eigenvalue weighted by molar-refractivity contribution is 0.129. The van der Waals surface area contributed by atoms with Crippen LogP contribution in [-0.4, -0.2) is 37.1 Å². The maximum atomic E-state index is 13.9. The van der Waals surface area contributed by atoms with Gasteiger partial charge in [-0.25, -0.2) is 4.39 Å². The van der Waals surface area contributed by atoms with E-state index in [9.17, 15) is 4.39 Å². The zero-order valence-corrected chi connectivity index (χ0v) is 18.1. The molecule has 0 amide bonds. The highest BCUT2D eigenvalue weighted by Crippen LogP contribution is 2.19. The number of likely N-dealkylation sites (tertiary alicyclic amines) is 1. The zero-order chi connectivity index (χ0) is 19.1. The molecule has 0 saturated carbocycles. The minimum Gasteiger partial charge on any atom is -0.490 e. The molecule has 1 N–H and O–H groups in total. The third-order valence-corrected chi connectivity index (χ3v) is 4.61. The van der Waals surface area contributed by atoms with Crippen molar-refractivity contribution >= 4 is 29.9 Å². The molecule has 0 radical (unpaired) electrons. The number of nitrogens with one attached hydrogen (secondary N) is 1. The molecule has 3 rings (SSSR count). The predicted octanol–water partition coefficient (Wildman–Crippen LogP) is 3.93. The number of para-hydroxylation sites is 1. The number of aliphatic imine (C=N–C) groups is 1. The minimum absolute atomic E-state index is 0. The number of hydrogen-bond donors (Lipinski definition) is 1. The third-order valence-electron chi connectivity index (χ3n) is 4.61. The summed E-state index contributed by atoms with van der Waals surface area (Å²) in [6.07, 6.45) is 1.98. The van der Waals surface area contributed by atoms with E-state index in [0.717, 1.165) is 37.6 Å². The first-order valence-electron chi connectivity index (χ1n) is 9.05. The van der Waals surface area contributed by atoms with E-state index < -0.39 is 0 Å². The van der Waals surface area contributed by atoms with Gasteiger partial charge in [0.2, 0.25) is 0 Å². The van der Waals surface area contributed by atoms with Crippen LogP contribution in [-0.2, 0) is 6.54 Å². The Balaban J connectivity index is 0.00000280. The normalized spacial score (nSPS) is 14.8. The molecule has 1 fully saturated rings. The number of nitrogens with zero attached hydrogens (tertiary/aromatic N) is 3. The van der Waals surface area contributed by atoms with Gasteiger partial charge in [-0.3, -0.25) is 4.99 Å². The first-order chi connectivity index (χ1) is 13.2. The Labute approximate surface area is 182 Å². The first-order valence-corrected chi connectivity index (χ1v) is 9.05. The van der Waals surface area contributed by atoms with E-state index in [2.05, 4.69) is 15.2 Å². The number of benzene rings is 2. The number of hydrogen-bond acceptors (Lipinski definition) is 3. The molecule has 0 aromatic heterocycles. The predicted molar refractivity (Wildman–Crippen MR) is 118 cm³/mol. The molecule has 0 aliphatic carbocycles. The summed E-state index contributed by atoms with van der Waals surface area (Å²) in [5.74, 6) is 1.30. The van der Waals surface area contributed by atoms with Crippen LogP contribution in [0, 0.1) is 17.1 Å². The Morgan fingerprint density at radius 1 is 1.25 bits per heavy atom. The molecular weight excluding hydrogens is 470 g/mol. The number of ether oxygens (including phenoxy) is 1. The van der Waals surface area contributed by atoms with Gasteiger partial charge < -0.3 is 15.0 Å². The molecule has 0 unspecified atom stereocenters. The molecule has 7 heteroatoms. The average Bonchev–Trinajstić information content (AvgIpc) is 2.71. The Morgan fingerprint density at radius 2 is 1.96 bits per heavy atom. The van der Waals surface area contributed by atoms with E-state index in [0.29, 0.717) is 11.1 Å². The van der Waals surface area contributed by atoms with Gasteiger partial charge in [-0.1, -0.05) is 18.2 Å². The van der Waals surface area contributed by atoms with E-state index in [1.165, 1.54) is 12.1 Å². The summed E-state index contributed by atoms with van der Waals surface area (Å²) in [4.78, 5) is 6.46. The molecule has 1 saturated heterocycles. The average molecular weight is 494 g/mol. The van der Waals surface area contributed by atoms with Crippen LogP contribution in [0.1, 0.15) is 24.0 Å². The summed E-state index contributed by atoms with van der Waals surface area (Å²) in [6.45, 7) is 1.92. The number of rotatable bonds is 4. The topological polar surface area (TPSA) is 60.7 Å². The standard InChI is InChI=1S/C21H23FN4O.HI/c1-24-21(25-15-17-13-16(14-23)7-8-20(17)22)26-11-9-19(10-12-26)27-18-5-3-2-4-6-18;/h2-8,13,19H,9-12,15H2,1H3,(H,24,25);1H. The number of guanidine groups is 1. The molecule has 1 aliphatic rings. The molecule has 148 valence electrons. The second-order valence-electron chi connectivity index (χ2n) is 6.44. The Morgan fingerprint density at radius 3 is 2.61 bits per heavy atom. The molecule has 1 aliphatic heterocycles. The van der Waals surface area contributed by atoms with E-state index in [1.54, 1.807) is 13.1 Å². The molecule has 1 heterocycles. The number of nitriles is 1. The Kier molecular flexibility index (Phi) is 8.51. The van der Waals surface area contributed by atoms with Crippen molar-refractivity contribution in [3.05, 3.63) is 65.5 Å². The maximum absolute atomic E-state index is 13.9. The van der Waals surface area contributed by atoms with Gasteiger partial charge in [0.05, 0.1) is 11.6 Å². The highest BCUT2D eigenvalue weighted by Gasteiger charge is 2.22. The lowest BCUT2D eigenvalue weighted by Crippen LogP contribution is -2.47. The monoisotopic (exact) mass is 494 g/mol. The largest absolute Gasteiger partial charge is 0.490 e. The summed E-state index contributed by atoms with van der Waals surface area (Å²) in [5.41, 5.74) is 0.902. The fourth-order valence-electron chi connectivity index (χ4n) is 3.16. The van der Waals surface area contributed by atoms with Gasteiger partial charge in [0.1, 0.15) is 17.7 Å². The van der Waals surface area contributed by atoms with Gasteiger partial charge in [-0.2, -0.15) is 5.26 Å². The molecule has 2 aromatic carbocycles. The van der Waals surface area contributed by atoms with Crippen LogP contribution < -0.4 is 10.1 Å². The quantitative estimate of drug-likeness (QED) is 0.398. The lowest BCUT2D eigenvalue weighted by Gasteiger charge is -2.34. The SMILES string of the molecule is CN=C(NCc1cc(C#N)ccc1F)N1CCC(Oc2ccccc2)CC1.I. The summed E-state index contributed by atoms with van der Waals surface area (Å²) in [7, 11) is 1.72. The van der Waals surface area contributed by atoms with Crippen LogP contribution in [0.15, 0.2) is 53.5 Å².